The molecule has 0 bridgehead atoms. The molecule has 2 amide bonds. The Kier molecular flexibility index (Phi) is 2.52. The van der Waals surface area contributed by atoms with Crippen LogP contribution >= 0.6 is 11.6 Å². The van der Waals surface area contributed by atoms with Crippen molar-refractivity contribution in [1.29, 1.82) is 0 Å². The van der Waals surface area contributed by atoms with Crippen molar-refractivity contribution < 1.29 is 4.79 Å². The highest BCUT2D eigenvalue weighted by atomic mass is 35.5. The van der Waals surface area contributed by atoms with Crippen molar-refractivity contribution in [2.45, 2.75) is 0 Å². The number of urea groups is 1. The average molecular weight is 203 g/mol. The normalized spacial score (nSPS) is 9.69. The molecule has 0 aliphatic carbocycles. The molecule has 1 aromatic heterocycles. The molecule has 0 fully saturated rings. The van der Waals surface area contributed by atoms with Gasteiger partial charge in [0.05, 0.1) is 0 Å². The quantitative estimate of drug-likeness (QED) is 0.668. The zero-order valence-electron chi connectivity index (χ0n) is 6.74. The summed E-state index contributed by atoms with van der Waals surface area (Å²) in [5, 5.41) is 5.86. The minimum atomic E-state index is -0.820. The first-order chi connectivity index (χ1) is 6.00. The number of amides is 2. The lowest BCUT2D eigenvalue weighted by Gasteiger charge is -2.02. The number of carbonyl (C=O) groups excluding carboxylic acids is 1. The third kappa shape index (κ3) is 2.19. The Hall–Kier alpha value is -1.56. The van der Waals surface area contributed by atoms with Gasteiger partial charge in [0.15, 0.2) is 5.15 Å². The average Bonchev–Trinajstić information content (AvgIpc) is 1.98. The van der Waals surface area contributed by atoms with Crippen LogP contribution in [0.3, 0.4) is 0 Å². The number of aryl methyl sites for hydroxylation is 1. The summed E-state index contributed by atoms with van der Waals surface area (Å²) in [6, 6.07) is 0.411. The van der Waals surface area contributed by atoms with Crippen LogP contribution in [0.5, 0.6) is 0 Å². The van der Waals surface area contributed by atoms with E-state index in [1.54, 1.807) is 0 Å². The molecule has 1 heterocycles. The third-order valence-electron chi connectivity index (χ3n) is 1.29. The lowest BCUT2D eigenvalue weighted by molar-refractivity contribution is 0.259. The molecule has 0 atom stereocenters. The SMILES string of the molecule is Cn1nc(Cl)cc(NC(N)=O)c1=O. The number of nitrogens with one attached hydrogen (secondary N) is 1. The third-order valence-corrected chi connectivity index (χ3v) is 1.48. The molecule has 0 spiro atoms. The number of halogens is 1. The maximum Gasteiger partial charge on any atom is 0.316 e. The summed E-state index contributed by atoms with van der Waals surface area (Å²) >= 11 is 5.54. The van der Waals surface area contributed by atoms with E-state index in [1.165, 1.54) is 13.1 Å². The summed E-state index contributed by atoms with van der Waals surface area (Å²) in [6.07, 6.45) is 0. The first kappa shape index (κ1) is 9.53. The van der Waals surface area contributed by atoms with Gasteiger partial charge in [-0.15, -0.1) is 0 Å². The fourth-order valence-electron chi connectivity index (χ4n) is 0.795. The van der Waals surface area contributed by atoms with E-state index in [1.807, 2.05) is 0 Å². The number of nitrogens with zero attached hydrogens (tertiary/aromatic N) is 2. The maximum atomic E-state index is 11.2. The maximum absolute atomic E-state index is 11.2. The second kappa shape index (κ2) is 3.44. The molecule has 3 N–H and O–H groups in total. The highest BCUT2D eigenvalue weighted by Crippen LogP contribution is 2.06. The van der Waals surface area contributed by atoms with Crippen molar-refractivity contribution in [3.63, 3.8) is 0 Å². The van der Waals surface area contributed by atoms with Gasteiger partial charge < -0.3 is 11.1 Å². The Balaban J connectivity index is 3.21. The number of rotatable bonds is 1. The Morgan fingerprint density at radius 2 is 2.38 bits per heavy atom. The zero-order chi connectivity index (χ0) is 10.0. The van der Waals surface area contributed by atoms with Gasteiger partial charge in [-0.25, -0.2) is 9.48 Å². The second-order valence-electron chi connectivity index (χ2n) is 2.30. The van der Waals surface area contributed by atoms with E-state index in [2.05, 4.69) is 10.4 Å². The van der Waals surface area contributed by atoms with Crippen LogP contribution in [0.4, 0.5) is 10.5 Å². The molecule has 13 heavy (non-hydrogen) atoms. The van der Waals surface area contributed by atoms with Gasteiger partial charge in [-0.1, -0.05) is 11.6 Å². The first-order valence-electron chi connectivity index (χ1n) is 3.31. The van der Waals surface area contributed by atoms with Gasteiger partial charge in [-0.3, -0.25) is 4.79 Å². The Morgan fingerprint density at radius 3 is 2.92 bits per heavy atom. The number of primary amides is 1. The van der Waals surface area contributed by atoms with Crippen molar-refractivity contribution in [1.82, 2.24) is 9.78 Å². The lowest BCUT2D eigenvalue weighted by Crippen LogP contribution is -2.28. The van der Waals surface area contributed by atoms with E-state index in [9.17, 15) is 9.59 Å². The Labute approximate surface area is 78.3 Å². The molecule has 0 saturated heterocycles. The van der Waals surface area contributed by atoms with Gasteiger partial charge in [-0.05, 0) is 0 Å². The molecule has 70 valence electrons. The predicted molar refractivity (Wildman–Crippen MR) is 47.7 cm³/mol. The topological polar surface area (TPSA) is 90.0 Å². The molecule has 0 radical (unpaired) electrons. The fourth-order valence-corrected chi connectivity index (χ4v) is 1.02. The van der Waals surface area contributed by atoms with E-state index in [-0.39, 0.29) is 10.8 Å². The van der Waals surface area contributed by atoms with Crippen molar-refractivity contribution in [3.05, 3.63) is 21.6 Å². The van der Waals surface area contributed by atoms with Crippen LogP contribution in [0.2, 0.25) is 5.15 Å². The summed E-state index contributed by atoms with van der Waals surface area (Å²) < 4.78 is 1.01. The molecular formula is C6H7ClN4O2. The summed E-state index contributed by atoms with van der Waals surface area (Å²) in [5.41, 5.74) is 4.37. The molecule has 1 aromatic rings. The van der Waals surface area contributed by atoms with E-state index in [4.69, 9.17) is 17.3 Å². The van der Waals surface area contributed by atoms with Crippen LogP contribution in [0.25, 0.3) is 0 Å². The summed E-state index contributed by atoms with van der Waals surface area (Å²) in [4.78, 5) is 21.7. The number of carbonyl (C=O) groups is 1. The molecule has 0 aromatic carbocycles. The summed E-state index contributed by atoms with van der Waals surface area (Å²) in [7, 11) is 1.42. The Morgan fingerprint density at radius 1 is 1.77 bits per heavy atom. The van der Waals surface area contributed by atoms with Crippen molar-refractivity contribution in [3.8, 4) is 0 Å². The molecule has 6 nitrogen and oxygen atoms in total. The largest absolute Gasteiger partial charge is 0.351 e. The Bertz CT molecular complexity index is 400. The summed E-state index contributed by atoms with van der Waals surface area (Å²) in [6.45, 7) is 0. The zero-order valence-corrected chi connectivity index (χ0v) is 7.50. The van der Waals surface area contributed by atoms with Crippen molar-refractivity contribution >= 4 is 23.3 Å². The van der Waals surface area contributed by atoms with E-state index < -0.39 is 11.6 Å². The van der Waals surface area contributed by atoms with Crippen LogP contribution in [-0.4, -0.2) is 15.8 Å². The first-order valence-corrected chi connectivity index (χ1v) is 3.69. The molecule has 0 unspecified atom stereocenters. The molecule has 7 heteroatoms. The minimum Gasteiger partial charge on any atom is -0.351 e. The smallest absolute Gasteiger partial charge is 0.316 e. The molecule has 0 saturated carbocycles. The standard InChI is InChI=1S/C6H7ClN4O2/c1-11-5(12)3(9-6(8)13)2-4(7)10-11/h2H,1H3,(H3,8,9,13). The molecular weight excluding hydrogens is 196 g/mol. The van der Waals surface area contributed by atoms with Crippen LogP contribution in [0, 0.1) is 0 Å². The highest BCUT2D eigenvalue weighted by Gasteiger charge is 2.05. The van der Waals surface area contributed by atoms with Gasteiger partial charge in [0.25, 0.3) is 5.56 Å². The van der Waals surface area contributed by atoms with Gasteiger partial charge in [0.1, 0.15) is 5.69 Å². The van der Waals surface area contributed by atoms with Crippen LogP contribution in [0.15, 0.2) is 10.9 Å². The van der Waals surface area contributed by atoms with Gasteiger partial charge in [0, 0.05) is 13.1 Å². The second-order valence-corrected chi connectivity index (χ2v) is 2.69. The van der Waals surface area contributed by atoms with Crippen molar-refractivity contribution in [2.24, 2.45) is 12.8 Å². The van der Waals surface area contributed by atoms with E-state index >= 15 is 0 Å². The number of hydrogen-bond donors (Lipinski definition) is 2. The molecule has 0 aliphatic rings. The van der Waals surface area contributed by atoms with Gasteiger partial charge >= 0.3 is 6.03 Å². The number of nitrogens with two attached hydrogens (primary N) is 1. The predicted octanol–water partition coefficient (Wildman–Crippen LogP) is -0.0757. The minimum absolute atomic E-state index is 0.00926. The van der Waals surface area contributed by atoms with E-state index in [0.717, 1.165) is 4.68 Å². The highest BCUT2D eigenvalue weighted by molar-refractivity contribution is 6.29. The fraction of sp³-hybridized carbons (Fsp3) is 0.167. The van der Waals surface area contributed by atoms with Crippen LogP contribution < -0.4 is 16.6 Å². The van der Waals surface area contributed by atoms with E-state index in [0.29, 0.717) is 0 Å². The summed E-state index contributed by atoms with van der Waals surface area (Å²) in [5.74, 6) is 0. The van der Waals surface area contributed by atoms with Gasteiger partial charge in [0.2, 0.25) is 0 Å². The molecule has 0 aliphatic heterocycles. The number of hydrogen-bond acceptors (Lipinski definition) is 3. The monoisotopic (exact) mass is 202 g/mol. The number of anilines is 1. The van der Waals surface area contributed by atoms with Crippen molar-refractivity contribution in [2.75, 3.05) is 5.32 Å². The number of aromatic nitrogens is 2. The van der Waals surface area contributed by atoms with Gasteiger partial charge in [-0.2, -0.15) is 5.10 Å². The van der Waals surface area contributed by atoms with Crippen LogP contribution in [0.1, 0.15) is 0 Å². The van der Waals surface area contributed by atoms with Crippen LogP contribution in [-0.2, 0) is 7.05 Å². The molecule has 1 rings (SSSR count). The lowest BCUT2D eigenvalue weighted by atomic mass is 10.4.